The number of hydrogen-bond acceptors (Lipinski definition) is 6. The standard InChI is InChI=1S/C22H19F2N5O3S2/c1-12-25-11-18(33-12)13-8-14-15(10-27-22(14)26-9-13)21(30)19-16(23)4-5-17(20(19)24)28-34(31,32)29-6-2-3-7-29/h4-5,8-11,28H,2-3,6-7H2,1H3,(H,26,27). The molecule has 176 valence electrons. The molecule has 0 unspecified atom stereocenters. The van der Waals surface area contributed by atoms with Crippen LogP contribution in [0.4, 0.5) is 14.5 Å². The van der Waals surface area contributed by atoms with Gasteiger partial charge in [-0.3, -0.25) is 9.52 Å². The minimum Gasteiger partial charge on any atom is -0.345 e. The maximum Gasteiger partial charge on any atom is 0.301 e. The van der Waals surface area contributed by atoms with Crippen molar-refractivity contribution in [1.29, 1.82) is 0 Å². The van der Waals surface area contributed by atoms with Gasteiger partial charge in [-0.15, -0.1) is 11.3 Å². The van der Waals surface area contributed by atoms with Crippen molar-refractivity contribution in [2.45, 2.75) is 19.8 Å². The van der Waals surface area contributed by atoms with E-state index in [0.717, 1.165) is 22.0 Å². The Morgan fingerprint density at radius 3 is 2.65 bits per heavy atom. The summed E-state index contributed by atoms with van der Waals surface area (Å²) in [6, 6.07) is 3.54. The summed E-state index contributed by atoms with van der Waals surface area (Å²) in [5.41, 5.74) is -0.236. The molecule has 3 aromatic heterocycles. The Hall–Kier alpha value is -3.22. The van der Waals surface area contributed by atoms with Crippen LogP contribution < -0.4 is 4.72 Å². The second kappa shape index (κ2) is 8.53. The van der Waals surface area contributed by atoms with Crippen LogP contribution in [0, 0.1) is 18.6 Å². The van der Waals surface area contributed by atoms with E-state index in [1.54, 1.807) is 18.5 Å². The third-order valence-electron chi connectivity index (χ3n) is 5.64. The van der Waals surface area contributed by atoms with Crippen molar-refractivity contribution in [2.75, 3.05) is 17.8 Å². The van der Waals surface area contributed by atoms with Gasteiger partial charge in [0.15, 0.2) is 5.82 Å². The lowest BCUT2D eigenvalue weighted by Gasteiger charge is -2.18. The molecule has 2 N–H and O–H groups in total. The van der Waals surface area contributed by atoms with Crippen LogP contribution in [0.25, 0.3) is 21.5 Å². The normalized spacial score (nSPS) is 14.7. The number of halogens is 2. The summed E-state index contributed by atoms with van der Waals surface area (Å²) in [4.78, 5) is 25.5. The van der Waals surface area contributed by atoms with Gasteiger partial charge in [0.1, 0.15) is 11.5 Å². The van der Waals surface area contributed by atoms with Gasteiger partial charge >= 0.3 is 10.2 Å². The number of fused-ring (bicyclic) bond motifs is 1. The van der Waals surface area contributed by atoms with E-state index in [1.165, 1.54) is 21.8 Å². The number of aromatic amines is 1. The van der Waals surface area contributed by atoms with E-state index in [0.29, 0.717) is 42.5 Å². The number of pyridine rings is 1. The first kappa shape index (κ1) is 22.6. The van der Waals surface area contributed by atoms with Crippen molar-refractivity contribution in [3.8, 4) is 10.4 Å². The van der Waals surface area contributed by atoms with Crippen molar-refractivity contribution in [1.82, 2.24) is 19.3 Å². The summed E-state index contributed by atoms with van der Waals surface area (Å²) in [6.07, 6.45) is 6.05. The van der Waals surface area contributed by atoms with Crippen LogP contribution in [0.1, 0.15) is 33.8 Å². The summed E-state index contributed by atoms with van der Waals surface area (Å²) in [5.74, 6) is -3.30. The monoisotopic (exact) mass is 503 g/mol. The second-order valence-corrected chi connectivity index (χ2v) is 10.8. The van der Waals surface area contributed by atoms with E-state index in [4.69, 9.17) is 0 Å². The number of anilines is 1. The van der Waals surface area contributed by atoms with Crippen molar-refractivity contribution in [3.63, 3.8) is 0 Å². The molecule has 0 aliphatic carbocycles. The molecule has 0 spiro atoms. The first-order chi connectivity index (χ1) is 16.2. The highest BCUT2D eigenvalue weighted by Crippen LogP contribution is 2.31. The number of thiazole rings is 1. The molecule has 0 bridgehead atoms. The zero-order valence-electron chi connectivity index (χ0n) is 17.9. The van der Waals surface area contributed by atoms with Crippen LogP contribution in [0.5, 0.6) is 0 Å². The number of hydrogen-bond donors (Lipinski definition) is 2. The van der Waals surface area contributed by atoms with Crippen LogP contribution in [0.15, 0.2) is 36.8 Å². The predicted molar refractivity (Wildman–Crippen MR) is 125 cm³/mol. The molecule has 0 atom stereocenters. The lowest BCUT2D eigenvalue weighted by atomic mass is 10.0. The minimum absolute atomic E-state index is 0.0166. The van der Waals surface area contributed by atoms with Gasteiger partial charge in [-0.1, -0.05) is 0 Å². The molecule has 12 heteroatoms. The van der Waals surface area contributed by atoms with Crippen molar-refractivity contribution < 1.29 is 22.0 Å². The Bertz CT molecular complexity index is 1520. The summed E-state index contributed by atoms with van der Waals surface area (Å²) in [6.45, 7) is 2.49. The number of H-pyrrole nitrogens is 1. The zero-order chi connectivity index (χ0) is 24.0. The maximum absolute atomic E-state index is 15.3. The Balaban J connectivity index is 1.54. The molecular formula is C22H19F2N5O3S2. The lowest BCUT2D eigenvalue weighted by molar-refractivity contribution is 0.103. The quantitative estimate of drug-likeness (QED) is 0.383. The fraction of sp³-hybridized carbons (Fsp3) is 0.227. The fourth-order valence-electron chi connectivity index (χ4n) is 3.93. The average Bonchev–Trinajstić information content (AvgIpc) is 3.56. The molecule has 4 heterocycles. The number of carbonyl (C=O) groups is 1. The topological polar surface area (TPSA) is 108 Å². The average molecular weight is 504 g/mol. The van der Waals surface area contributed by atoms with Gasteiger partial charge < -0.3 is 4.98 Å². The molecule has 0 amide bonds. The number of carbonyl (C=O) groups excluding carboxylic acids is 1. The summed E-state index contributed by atoms with van der Waals surface area (Å²) >= 11 is 1.45. The van der Waals surface area contributed by atoms with Crippen molar-refractivity contribution in [2.24, 2.45) is 0 Å². The molecule has 1 fully saturated rings. The molecule has 1 aromatic carbocycles. The van der Waals surface area contributed by atoms with E-state index < -0.39 is 38.9 Å². The number of benzene rings is 1. The smallest absolute Gasteiger partial charge is 0.301 e. The molecule has 0 radical (unpaired) electrons. The van der Waals surface area contributed by atoms with E-state index in [9.17, 15) is 17.6 Å². The zero-order valence-corrected chi connectivity index (χ0v) is 19.6. The van der Waals surface area contributed by atoms with Crippen molar-refractivity contribution >= 4 is 44.1 Å². The van der Waals surface area contributed by atoms with Gasteiger partial charge in [-0.05, 0) is 38.0 Å². The van der Waals surface area contributed by atoms with Gasteiger partial charge in [0.05, 0.1) is 21.1 Å². The van der Waals surface area contributed by atoms with E-state index >= 15 is 4.39 Å². The number of nitrogens with one attached hydrogen (secondary N) is 2. The third kappa shape index (κ3) is 3.97. The molecule has 1 aliphatic rings. The Kier molecular flexibility index (Phi) is 5.66. The molecule has 5 rings (SSSR count). The van der Waals surface area contributed by atoms with Gasteiger partial charge in [0.2, 0.25) is 5.78 Å². The highest BCUT2D eigenvalue weighted by atomic mass is 32.2. The molecule has 0 saturated carbocycles. The SMILES string of the molecule is Cc1ncc(-c2cnc3[nH]cc(C(=O)c4c(F)ccc(NS(=O)(=O)N5CCCC5)c4F)c3c2)s1. The lowest BCUT2D eigenvalue weighted by Crippen LogP contribution is -2.33. The van der Waals surface area contributed by atoms with Gasteiger partial charge in [0.25, 0.3) is 0 Å². The van der Waals surface area contributed by atoms with Crippen LogP contribution in [-0.4, -0.2) is 46.5 Å². The molecule has 4 aromatic rings. The Morgan fingerprint density at radius 2 is 1.94 bits per heavy atom. The molecule has 8 nitrogen and oxygen atoms in total. The second-order valence-electron chi connectivity index (χ2n) is 7.89. The maximum atomic E-state index is 15.3. The number of ketones is 1. The minimum atomic E-state index is -4.02. The molecule has 34 heavy (non-hydrogen) atoms. The largest absolute Gasteiger partial charge is 0.345 e. The highest BCUT2D eigenvalue weighted by Gasteiger charge is 2.29. The van der Waals surface area contributed by atoms with Gasteiger partial charge in [-0.25, -0.2) is 18.7 Å². The van der Waals surface area contributed by atoms with Crippen LogP contribution >= 0.6 is 11.3 Å². The van der Waals surface area contributed by atoms with Crippen LogP contribution in [0.3, 0.4) is 0 Å². The number of nitrogens with zero attached hydrogens (tertiary/aromatic N) is 3. The third-order valence-corrected chi connectivity index (χ3v) is 8.13. The van der Waals surface area contributed by atoms with Gasteiger partial charge in [0, 0.05) is 48.2 Å². The van der Waals surface area contributed by atoms with E-state index in [2.05, 4.69) is 19.7 Å². The fourth-order valence-corrected chi connectivity index (χ4v) is 5.99. The van der Waals surface area contributed by atoms with E-state index in [-0.39, 0.29) is 5.56 Å². The van der Waals surface area contributed by atoms with Crippen LogP contribution in [0.2, 0.25) is 0 Å². The molecule has 1 aliphatic heterocycles. The first-order valence-electron chi connectivity index (χ1n) is 10.4. The number of rotatable bonds is 6. The molecule has 1 saturated heterocycles. The Morgan fingerprint density at radius 1 is 1.18 bits per heavy atom. The van der Waals surface area contributed by atoms with Gasteiger partial charge in [-0.2, -0.15) is 12.7 Å². The van der Waals surface area contributed by atoms with Crippen molar-refractivity contribution in [3.05, 3.63) is 64.6 Å². The first-order valence-corrected chi connectivity index (χ1v) is 12.7. The van der Waals surface area contributed by atoms with E-state index in [1.807, 2.05) is 6.92 Å². The number of aryl methyl sites for hydroxylation is 1. The Labute approximate surface area is 197 Å². The summed E-state index contributed by atoms with van der Waals surface area (Å²) in [5, 5.41) is 1.24. The highest BCUT2D eigenvalue weighted by molar-refractivity contribution is 7.90. The number of aromatic nitrogens is 3. The summed E-state index contributed by atoms with van der Waals surface area (Å²) < 4.78 is 58.4. The summed E-state index contributed by atoms with van der Waals surface area (Å²) in [7, 11) is -4.02. The molecular weight excluding hydrogens is 484 g/mol. The predicted octanol–water partition coefficient (Wildman–Crippen LogP) is 4.26. The van der Waals surface area contributed by atoms with Crippen LogP contribution in [-0.2, 0) is 10.2 Å².